The number of nitrogens with zero attached hydrogens (tertiary/aromatic N) is 2. The summed E-state index contributed by atoms with van der Waals surface area (Å²) in [6.07, 6.45) is 7.49. The van der Waals surface area contributed by atoms with Crippen molar-refractivity contribution in [2.75, 3.05) is 11.9 Å². The van der Waals surface area contributed by atoms with Gasteiger partial charge in [0.25, 0.3) is 0 Å². The maximum atomic E-state index is 4.50. The Bertz CT molecular complexity index is 313. The Balaban J connectivity index is 1.93. The molecule has 2 rings (SSSR count). The van der Waals surface area contributed by atoms with Crippen LogP contribution in [-0.2, 0) is 6.54 Å². The number of anilines is 1. The quantitative estimate of drug-likeness (QED) is 0.777. The molecule has 0 aromatic carbocycles. The van der Waals surface area contributed by atoms with E-state index in [0.717, 1.165) is 37.1 Å². The van der Waals surface area contributed by atoms with Crippen molar-refractivity contribution in [3.8, 4) is 0 Å². The zero-order valence-corrected chi connectivity index (χ0v) is 9.79. The highest BCUT2D eigenvalue weighted by molar-refractivity contribution is 5.28. The normalized spacial score (nSPS) is 15.6. The van der Waals surface area contributed by atoms with Crippen LogP contribution in [-0.4, -0.2) is 16.1 Å². The number of aromatic nitrogens is 2. The standard InChI is InChI=1S/C12H21N3/c1-3-7-13-12-14-10(2)9-15(12)8-6-11-4-5-11/h9,11H,3-8H2,1-2H3,(H,13,14). The van der Waals surface area contributed by atoms with Crippen LogP contribution in [0, 0.1) is 12.8 Å². The predicted octanol–water partition coefficient (Wildman–Crippen LogP) is 2.81. The van der Waals surface area contributed by atoms with E-state index in [1.165, 1.54) is 19.3 Å². The third kappa shape index (κ3) is 2.98. The largest absolute Gasteiger partial charge is 0.356 e. The second kappa shape index (κ2) is 4.69. The minimum absolute atomic E-state index is 0.992. The van der Waals surface area contributed by atoms with Gasteiger partial charge < -0.3 is 9.88 Å². The van der Waals surface area contributed by atoms with Crippen LogP contribution >= 0.6 is 0 Å². The molecule has 0 unspecified atom stereocenters. The van der Waals surface area contributed by atoms with Gasteiger partial charge in [0.05, 0.1) is 5.69 Å². The van der Waals surface area contributed by atoms with Crippen LogP contribution in [0.15, 0.2) is 6.20 Å². The lowest BCUT2D eigenvalue weighted by Crippen LogP contribution is -2.08. The molecule has 1 aromatic rings. The zero-order chi connectivity index (χ0) is 10.7. The molecule has 1 fully saturated rings. The summed E-state index contributed by atoms with van der Waals surface area (Å²) in [6, 6.07) is 0. The van der Waals surface area contributed by atoms with E-state index in [0.29, 0.717) is 0 Å². The Hall–Kier alpha value is -0.990. The van der Waals surface area contributed by atoms with Crippen LogP contribution in [0.25, 0.3) is 0 Å². The van der Waals surface area contributed by atoms with Crippen LogP contribution in [0.3, 0.4) is 0 Å². The molecule has 1 heterocycles. The number of nitrogens with one attached hydrogen (secondary N) is 1. The topological polar surface area (TPSA) is 29.9 Å². The highest BCUT2D eigenvalue weighted by atomic mass is 15.2. The molecule has 1 N–H and O–H groups in total. The average molecular weight is 207 g/mol. The lowest BCUT2D eigenvalue weighted by Gasteiger charge is -2.08. The zero-order valence-electron chi connectivity index (χ0n) is 9.79. The molecule has 1 aliphatic rings. The van der Waals surface area contributed by atoms with Crippen LogP contribution in [0.4, 0.5) is 5.95 Å². The predicted molar refractivity (Wildman–Crippen MR) is 63.1 cm³/mol. The summed E-state index contributed by atoms with van der Waals surface area (Å²) in [5, 5.41) is 3.38. The Morgan fingerprint density at radius 2 is 2.33 bits per heavy atom. The first-order valence-corrected chi connectivity index (χ1v) is 6.07. The van der Waals surface area contributed by atoms with Gasteiger partial charge in [-0.3, -0.25) is 0 Å². The van der Waals surface area contributed by atoms with Gasteiger partial charge in [0, 0.05) is 19.3 Å². The lowest BCUT2D eigenvalue weighted by molar-refractivity contribution is 0.599. The molecule has 0 amide bonds. The van der Waals surface area contributed by atoms with Crippen LogP contribution in [0.1, 0.15) is 38.3 Å². The van der Waals surface area contributed by atoms with Gasteiger partial charge in [-0.05, 0) is 25.7 Å². The summed E-state index contributed by atoms with van der Waals surface area (Å²) in [5.41, 5.74) is 1.12. The van der Waals surface area contributed by atoms with Crippen molar-refractivity contribution in [3.63, 3.8) is 0 Å². The second-order valence-corrected chi connectivity index (χ2v) is 4.56. The summed E-state index contributed by atoms with van der Waals surface area (Å²) in [5.74, 6) is 2.04. The molecule has 0 radical (unpaired) electrons. The van der Waals surface area contributed by atoms with Crippen molar-refractivity contribution in [2.45, 2.75) is 46.1 Å². The molecule has 0 saturated heterocycles. The Kier molecular flexibility index (Phi) is 3.29. The van der Waals surface area contributed by atoms with E-state index in [9.17, 15) is 0 Å². The van der Waals surface area contributed by atoms with Crippen molar-refractivity contribution in [1.82, 2.24) is 9.55 Å². The van der Waals surface area contributed by atoms with E-state index in [4.69, 9.17) is 0 Å². The first-order chi connectivity index (χ1) is 7.29. The number of rotatable bonds is 6. The van der Waals surface area contributed by atoms with Crippen LogP contribution in [0.2, 0.25) is 0 Å². The molecule has 84 valence electrons. The van der Waals surface area contributed by atoms with Gasteiger partial charge in [-0.1, -0.05) is 19.8 Å². The molecular weight excluding hydrogens is 186 g/mol. The molecule has 3 heteroatoms. The van der Waals surface area contributed by atoms with Crippen molar-refractivity contribution < 1.29 is 0 Å². The van der Waals surface area contributed by atoms with Crippen LogP contribution in [0.5, 0.6) is 0 Å². The third-order valence-corrected chi connectivity index (χ3v) is 2.91. The van der Waals surface area contributed by atoms with Crippen molar-refractivity contribution in [3.05, 3.63) is 11.9 Å². The van der Waals surface area contributed by atoms with Crippen molar-refractivity contribution in [2.24, 2.45) is 5.92 Å². The Labute approximate surface area is 91.9 Å². The molecule has 0 atom stereocenters. The number of aryl methyl sites for hydroxylation is 2. The highest BCUT2D eigenvalue weighted by Gasteiger charge is 2.21. The molecular formula is C12H21N3. The van der Waals surface area contributed by atoms with Crippen molar-refractivity contribution in [1.29, 1.82) is 0 Å². The molecule has 0 aliphatic heterocycles. The number of hydrogen-bond donors (Lipinski definition) is 1. The summed E-state index contributed by atoms with van der Waals surface area (Å²) >= 11 is 0. The molecule has 1 saturated carbocycles. The maximum Gasteiger partial charge on any atom is 0.203 e. The summed E-state index contributed by atoms with van der Waals surface area (Å²) in [4.78, 5) is 4.50. The molecule has 1 aromatic heterocycles. The van der Waals surface area contributed by atoms with Crippen LogP contribution < -0.4 is 5.32 Å². The molecule has 15 heavy (non-hydrogen) atoms. The fourth-order valence-electron chi connectivity index (χ4n) is 1.82. The fourth-order valence-corrected chi connectivity index (χ4v) is 1.82. The molecule has 1 aliphatic carbocycles. The summed E-state index contributed by atoms with van der Waals surface area (Å²) in [7, 11) is 0. The van der Waals surface area contributed by atoms with Crippen molar-refractivity contribution >= 4 is 5.95 Å². The Morgan fingerprint density at radius 3 is 3.00 bits per heavy atom. The highest BCUT2D eigenvalue weighted by Crippen LogP contribution is 2.33. The minimum atomic E-state index is 0.992. The van der Waals surface area contributed by atoms with Gasteiger partial charge in [-0.2, -0.15) is 0 Å². The van der Waals surface area contributed by atoms with Gasteiger partial charge in [0.1, 0.15) is 0 Å². The monoisotopic (exact) mass is 207 g/mol. The molecule has 0 bridgehead atoms. The van der Waals surface area contributed by atoms with E-state index in [1.807, 2.05) is 0 Å². The SMILES string of the molecule is CCCNc1nc(C)cn1CCC1CC1. The minimum Gasteiger partial charge on any atom is -0.356 e. The van der Waals surface area contributed by atoms with E-state index in [2.05, 4.69) is 34.9 Å². The first-order valence-electron chi connectivity index (χ1n) is 6.07. The molecule has 0 spiro atoms. The average Bonchev–Trinajstić information content (AvgIpc) is 2.97. The van der Waals surface area contributed by atoms with Gasteiger partial charge in [-0.25, -0.2) is 4.98 Å². The van der Waals surface area contributed by atoms with E-state index >= 15 is 0 Å². The number of hydrogen-bond acceptors (Lipinski definition) is 2. The fraction of sp³-hybridized carbons (Fsp3) is 0.750. The lowest BCUT2D eigenvalue weighted by atomic mass is 10.3. The van der Waals surface area contributed by atoms with E-state index in [1.54, 1.807) is 0 Å². The number of imidazole rings is 1. The first kappa shape index (κ1) is 10.5. The van der Waals surface area contributed by atoms with Gasteiger partial charge in [0.15, 0.2) is 0 Å². The van der Waals surface area contributed by atoms with E-state index in [-0.39, 0.29) is 0 Å². The smallest absolute Gasteiger partial charge is 0.203 e. The van der Waals surface area contributed by atoms with E-state index < -0.39 is 0 Å². The van der Waals surface area contributed by atoms with Gasteiger partial charge in [0.2, 0.25) is 5.95 Å². The second-order valence-electron chi connectivity index (χ2n) is 4.56. The van der Waals surface area contributed by atoms with Gasteiger partial charge in [-0.15, -0.1) is 0 Å². The van der Waals surface area contributed by atoms with Gasteiger partial charge >= 0.3 is 0 Å². The summed E-state index contributed by atoms with van der Waals surface area (Å²) in [6.45, 7) is 6.37. The third-order valence-electron chi connectivity index (χ3n) is 2.91. The summed E-state index contributed by atoms with van der Waals surface area (Å²) < 4.78 is 2.27. The molecule has 3 nitrogen and oxygen atoms in total. The Morgan fingerprint density at radius 1 is 1.53 bits per heavy atom. The maximum absolute atomic E-state index is 4.50.